The topological polar surface area (TPSA) is 109 Å². The third kappa shape index (κ3) is 5.29. The smallest absolute Gasteiger partial charge is 0.243 e. The highest BCUT2D eigenvalue weighted by Gasteiger charge is 2.32. The summed E-state index contributed by atoms with van der Waals surface area (Å²) in [5.41, 5.74) is 0. The number of hydrogen-bond acceptors (Lipinski definition) is 5. The Hall–Kier alpha value is -0.930. The van der Waals surface area contributed by atoms with Crippen LogP contribution in [0.4, 0.5) is 0 Å². The van der Waals surface area contributed by atoms with Gasteiger partial charge in [-0.1, -0.05) is 6.58 Å². The second-order valence-electron chi connectivity index (χ2n) is 4.59. The normalized spacial score (nSPS) is 24.7. The van der Waals surface area contributed by atoms with Crippen molar-refractivity contribution in [2.24, 2.45) is 0 Å². The van der Waals surface area contributed by atoms with Crippen molar-refractivity contribution in [3.8, 4) is 0 Å². The molecule has 0 spiro atoms. The van der Waals surface area contributed by atoms with Gasteiger partial charge in [0.05, 0.1) is 11.5 Å². The molecule has 1 amide bonds. The maximum absolute atomic E-state index is 11.8. The second kappa shape index (κ2) is 6.02. The van der Waals surface area contributed by atoms with Gasteiger partial charge >= 0.3 is 0 Å². The van der Waals surface area contributed by atoms with Crippen LogP contribution in [0, 0.1) is 0 Å². The molecule has 0 heterocycles. The van der Waals surface area contributed by atoms with Crippen LogP contribution in [-0.4, -0.2) is 40.3 Å². The van der Waals surface area contributed by atoms with Crippen LogP contribution >= 0.6 is 0 Å². The summed E-state index contributed by atoms with van der Waals surface area (Å²) in [4.78, 5) is 11.1. The molecule has 0 aromatic rings. The van der Waals surface area contributed by atoms with Crippen molar-refractivity contribution in [3.63, 3.8) is 0 Å². The lowest BCUT2D eigenvalue weighted by molar-refractivity contribution is -0.117. The van der Waals surface area contributed by atoms with Gasteiger partial charge in [0, 0.05) is 6.04 Å². The third-order valence-electron chi connectivity index (χ3n) is 2.91. The number of hydrogen-bond donors (Lipinski definition) is 2. The van der Waals surface area contributed by atoms with Gasteiger partial charge in [0.1, 0.15) is 0 Å². The first kappa shape index (κ1) is 16.1. The van der Waals surface area contributed by atoms with Crippen LogP contribution in [0.3, 0.4) is 0 Å². The van der Waals surface area contributed by atoms with E-state index < -0.39 is 25.3 Å². The zero-order chi connectivity index (χ0) is 14.7. The Morgan fingerprint density at radius 3 is 2.11 bits per heavy atom. The molecule has 0 bridgehead atoms. The first-order valence-corrected chi connectivity index (χ1v) is 9.23. The highest BCUT2D eigenvalue weighted by molar-refractivity contribution is 8.04. The average Bonchev–Trinajstić information content (AvgIpc) is 2.26. The molecule has 1 saturated carbocycles. The summed E-state index contributed by atoms with van der Waals surface area (Å²) in [5.74, 6) is -0.291. The van der Waals surface area contributed by atoms with Crippen molar-refractivity contribution < 1.29 is 21.6 Å². The molecule has 1 aliphatic carbocycles. The summed E-state index contributed by atoms with van der Waals surface area (Å²) in [6, 6.07) is -0.0878. The van der Waals surface area contributed by atoms with Gasteiger partial charge in [-0.05, 0) is 31.8 Å². The van der Waals surface area contributed by atoms with Gasteiger partial charge in [-0.2, -0.15) is 0 Å². The molecule has 0 unspecified atom stereocenters. The number of sulfonamides is 2. The van der Waals surface area contributed by atoms with E-state index >= 15 is 0 Å². The molecule has 110 valence electrons. The number of carbonyl (C=O) groups is 1. The lowest BCUT2D eigenvalue weighted by Crippen LogP contribution is -2.43. The van der Waals surface area contributed by atoms with Gasteiger partial charge in [-0.15, -0.1) is 4.13 Å². The lowest BCUT2D eigenvalue weighted by Gasteiger charge is -2.28. The van der Waals surface area contributed by atoms with E-state index in [0.29, 0.717) is 25.7 Å². The zero-order valence-corrected chi connectivity index (χ0v) is 12.3. The van der Waals surface area contributed by atoms with Crippen LogP contribution in [-0.2, 0) is 24.8 Å². The van der Waals surface area contributed by atoms with Crippen LogP contribution in [0.25, 0.3) is 0 Å². The first-order chi connectivity index (χ1) is 8.64. The third-order valence-corrected chi connectivity index (χ3v) is 6.40. The van der Waals surface area contributed by atoms with Gasteiger partial charge < -0.3 is 5.32 Å². The van der Waals surface area contributed by atoms with Crippen LogP contribution in [0.5, 0.6) is 0 Å². The summed E-state index contributed by atoms with van der Waals surface area (Å²) in [6.45, 7) is 3.34. The van der Waals surface area contributed by atoms with Crippen LogP contribution in [0.15, 0.2) is 12.7 Å². The SMILES string of the molecule is C=CC(=O)NC1CCC(S(=O)(=O)NS(C)(=O)=O)CC1. The highest BCUT2D eigenvalue weighted by Crippen LogP contribution is 2.24. The molecule has 1 fully saturated rings. The van der Waals surface area contributed by atoms with Crippen molar-refractivity contribution in [1.29, 1.82) is 0 Å². The molecule has 0 saturated heterocycles. The molecular weight excluding hydrogens is 292 g/mol. The summed E-state index contributed by atoms with van der Waals surface area (Å²) < 4.78 is 47.2. The molecule has 0 radical (unpaired) electrons. The predicted molar refractivity (Wildman–Crippen MR) is 71.3 cm³/mol. The Morgan fingerprint density at radius 2 is 1.68 bits per heavy atom. The summed E-state index contributed by atoms with van der Waals surface area (Å²) in [5, 5.41) is 1.96. The maximum atomic E-state index is 11.8. The summed E-state index contributed by atoms with van der Waals surface area (Å²) in [7, 11) is -7.66. The van der Waals surface area contributed by atoms with E-state index in [2.05, 4.69) is 11.9 Å². The molecule has 0 aliphatic heterocycles. The van der Waals surface area contributed by atoms with Gasteiger partial charge in [0.15, 0.2) is 0 Å². The number of nitrogens with one attached hydrogen (secondary N) is 2. The molecule has 19 heavy (non-hydrogen) atoms. The van der Waals surface area contributed by atoms with Crippen LogP contribution in [0.1, 0.15) is 25.7 Å². The maximum Gasteiger partial charge on any atom is 0.243 e. The Balaban J connectivity index is 2.59. The average molecular weight is 310 g/mol. The van der Waals surface area contributed by atoms with E-state index in [-0.39, 0.29) is 11.9 Å². The van der Waals surface area contributed by atoms with Gasteiger partial charge in [-0.3, -0.25) is 4.79 Å². The quantitative estimate of drug-likeness (QED) is 0.664. The van der Waals surface area contributed by atoms with Crippen molar-refractivity contribution in [2.45, 2.75) is 37.0 Å². The second-order valence-corrected chi connectivity index (χ2v) is 8.55. The largest absolute Gasteiger partial charge is 0.350 e. The van der Waals surface area contributed by atoms with E-state index in [4.69, 9.17) is 0 Å². The number of carbonyl (C=O) groups excluding carboxylic acids is 1. The number of amides is 1. The van der Waals surface area contributed by atoms with E-state index in [1.807, 2.05) is 0 Å². The molecule has 1 aliphatic rings. The van der Waals surface area contributed by atoms with Gasteiger partial charge in [0.25, 0.3) is 0 Å². The molecule has 0 atom stereocenters. The van der Waals surface area contributed by atoms with E-state index in [1.165, 1.54) is 0 Å². The fourth-order valence-electron chi connectivity index (χ4n) is 2.06. The van der Waals surface area contributed by atoms with E-state index in [1.54, 1.807) is 4.13 Å². The Morgan fingerprint density at radius 1 is 1.16 bits per heavy atom. The minimum Gasteiger partial charge on any atom is -0.350 e. The predicted octanol–water partition coefficient (Wildman–Crippen LogP) is -0.521. The minimum absolute atomic E-state index is 0.0878. The van der Waals surface area contributed by atoms with Gasteiger partial charge in [-0.25, -0.2) is 16.8 Å². The van der Waals surface area contributed by atoms with Crippen molar-refractivity contribution >= 4 is 26.0 Å². The Bertz CT molecular complexity index is 544. The van der Waals surface area contributed by atoms with Crippen LogP contribution < -0.4 is 9.44 Å². The minimum atomic E-state index is -3.87. The lowest BCUT2D eigenvalue weighted by atomic mass is 9.95. The molecule has 1 rings (SSSR count). The summed E-state index contributed by atoms with van der Waals surface area (Å²) in [6.07, 6.45) is 3.58. The molecule has 9 heteroatoms. The molecule has 0 aromatic carbocycles. The number of rotatable bonds is 5. The van der Waals surface area contributed by atoms with E-state index in [0.717, 1.165) is 12.3 Å². The molecule has 0 aromatic heterocycles. The van der Waals surface area contributed by atoms with Crippen LogP contribution in [0.2, 0.25) is 0 Å². The molecule has 2 N–H and O–H groups in total. The summed E-state index contributed by atoms with van der Waals surface area (Å²) >= 11 is 0. The first-order valence-electron chi connectivity index (χ1n) is 5.79. The molecule has 7 nitrogen and oxygen atoms in total. The van der Waals surface area contributed by atoms with E-state index in [9.17, 15) is 21.6 Å². The fourth-order valence-corrected chi connectivity index (χ4v) is 5.18. The fraction of sp³-hybridized carbons (Fsp3) is 0.700. The monoisotopic (exact) mass is 310 g/mol. The van der Waals surface area contributed by atoms with Crippen molar-refractivity contribution in [3.05, 3.63) is 12.7 Å². The molecular formula is C10H18N2O5S2. The Kier molecular flexibility index (Phi) is 5.11. The Labute approximate surface area is 113 Å². The highest BCUT2D eigenvalue weighted by atomic mass is 32.3. The zero-order valence-electron chi connectivity index (χ0n) is 10.6. The van der Waals surface area contributed by atoms with Gasteiger partial charge in [0.2, 0.25) is 26.0 Å². The van der Waals surface area contributed by atoms with Crippen molar-refractivity contribution in [2.75, 3.05) is 6.26 Å². The van der Waals surface area contributed by atoms with Crippen molar-refractivity contribution in [1.82, 2.24) is 9.44 Å². The standard InChI is InChI=1S/C10H18N2O5S2/c1-3-10(13)11-8-4-6-9(7-5-8)19(16,17)12-18(2,14)15/h3,8-9,12H,1,4-7H2,2H3,(H,11,13).